The molecule has 0 saturated heterocycles. The van der Waals surface area contributed by atoms with E-state index in [2.05, 4.69) is 19.9 Å². The zero-order valence-electron chi connectivity index (χ0n) is 21.6. The summed E-state index contributed by atoms with van der Waals surface area (Å²) in [5.41, 5.74) is 3.48. The van der Waals surface area contributed by atoms with E-state index >= 15 is 0 Å². The van der Waals surface area contributed by atoms with E-state index in [1.54, 1.807) is 13.0 Å². The number of hydrogen-bond acceptors (Lipinski definition) is 4. The Morgan fingerprint density at radius 3 is 2.44 bits per heavy atom. The van der Waals surface area contributed by atoms with Gasteiger partial charge in [-0.2, -0.15) is 4.39 Å². The summed E-state index contributed by atoms with van der Waals surface area (Å²) in [6.07, 6.45) is 7.09. The highest BCUT2D eigenvalue weighted by atomic mass is 35.5. The molecule has 0 fully saturated rings. The molecular weight excluding hydrogens is 455 g/mol. The molecule has 1 aliphatic rings. The highest BCUT2D eigenvalue weighted by molar-refractivity contribution is 6.34. The molecule has 1 aromatic rings. The van der Waals surface area contributed by atoms with Crippen LogP contribution in [0.3, 0.4) is 0 Å². The molecule has 34 heavy (non-hydrogen) atoms. The summed E-state index contributed by atoms with van der Waals surface area (Å²) in [6.45, 7) is 17.4. The molecule has 186 valence electrons. The lowest BCUT2D eigenvalue weighted by Gasteiger charge is -2.34. The van der Waals surface area contributed by atoms with E-state index in [1.165, 1.54) is 13.0 Å². The third kappa shape index (κ3) is 6.53. The molecule has 1 aromatic carbocycles. The van der Waals surface area contributed by atoms with Crippen LogP contribution in [0, 0.1) is 5.92 Å². The van der Waals surface area contributed by atoms with Gasteiger partial charge < -0.3 is 14.2 Å². The number of hydrogen-bond donors (Lipinski definition) is 0. The number of benzene rings is 1. The maximum Gasteiger partial charge on any atom is 0.367 e. The average Bonchev–Trinajstić information content (AvgIpc) is 2.74. The molecule has 0 unspecified atom stereocenters. The lowest BCUT2D eigenvalue weighted by molar-refractivity contribution is -0.140. The minimum absolute atomic E-state index is 0.0989. The van der Waals surface area contributed by atoms with Crippen molar-refractivity contribution in [2.24, 2.45) is 5.92 Å². The van der Waals surface area contributed by atoms with Crippen molar-refractivity contribution >= 4 is 28.7 Å². The monoisotopic (exact) mass is 490 g/mol. The van der Waals surface area contributed by atoms with Crippen molar-refractivity contribution in [2.45, 2.75) is 74.0 Å². The summed E-state index contributed by atoms with van der Waals surface area (Å²) in [7, 11) is 0. The molecule has 0 radical (unpaired) electrons. The largest absolute Gasteiger partial charge is 0.489 e. The number of carbonyl (C=O) groups excluding carboxylic acids is 1. The van der Waals surface area contributed by atoms with Crippen LogP contribution in [0.1, 0.15) is 73.4 Å². The molecule has 0 N–H and O–H groups in total. The first-order chi connectivity index (χ1) is 15.8. The van der Waals surface area contributed by atoms with Gasteiger partial charge in [-0.25, -0.2) is 4.79 Å². The lowest BCUT2D eigenvalue weighted by atomic mass is 9.86. The van der Waals surface area contributed by atoms with Crippen LogP contribution >= 0.6 is 11.6 Å². The number of halogens is 2. The summed E-state index contributed by atoms with van der Waals surface area (Å²) < 4.78 is 31.2. The molecule has 2 rings (SSSR count). The zero-order chi connectivity index (χ0) is 25.8. The SMILES string of the molecule is CCOC(=O)\C(F)=C(C)/C=C/C=C(\C)c1cc2c(c(Cl)c1OC(C)C)OC(C)(C)C=C2C(C)C. The lowest BCUT2D eigenvalue weighted by Crippen LogP contribution is -2.30. The van der Waals surface area contributed by atoms with Gasteiger partial charge >= 0.3 is 5.97 Å². The number of rotatable bonds is 8. The van der Waals surface area contributed by atoms with Crippen LogP contribution in [0.4, 0.5) is 4.39 Å². The van der Waals surface area contributed by atoms with Crippen LogP contribution in [-0.4, -0.2) is 24.3 Å². The third-order valence-corrected chi connectivity index (χ3v) is 5.59. The fourth-order valence-electron chi connectivity index (χ4n) is 3.65. The molecule has 0 atom stereocenters. The summed E-state index contributed by atoms with van der Waals surface area (Å²) >= 11 is 6.88. The Morgan fingerprint density at radius 2 is 1.88 bits per heavy atom. The summed E-state index contributed by atoms with van der Waals surface area (Å²) in [5.74, 6) is -0.434. The molecule has 0 bridgehead atoms. The molecule has 0 aromatic heterocycles. The van der Waals surface area contributed by atoms with Crippen LogP contribution in [0.2, 0.25) is 5.02 Å². The smallest absolute Gasteiger partial charge is 0.367 e. The Morgan fingerprint density at radius 1 is 1.24 bits per heavy atom. The predicted molar refractivity (Wildman–Crippen MR) is 138 cm³/mol. The van der Waals surface area contributed by atoms with Gasteiger partial charge in [0.05, 0.1) is 12.7 Å². The standard InChI is InChI=1S/C28H36ClFO4/c1-10-32-27(31)24(30)19(7)13-11-12-18(6)20-14-21-22(16(2)3)15-28(8,9)34-26(21)23(29)25(20)33-17(4)5/h11-17H,10H2,1-9H3/b13-11+,18-12+,24-19+. The van der Waals surface area contributed by atoms with E-state index in [4.69, 9.17) is 25.8 Å². The molecular formula is C28H36ClFO4. The first-order valence-corrected chi connectivity index (χ1v) is 12.0. The first-order valence-electron chi connectivity index (χ1n) is 11.6. The fraction of sp³-hybridized carbons (Fsp3) is 0.464. The van der Waals surface area contributed by atoms with Crippen molar-refractivity contribution in [3.63, 3.8) is 0 Å². The second-order valence-corrected chi connectivity index (χ2v) is 9.87. The Bertz CT molecular complexity index is 1060. The molecule has 0 saturated carbocycles. The molecule has 6 heteroatoms. The Labute approximate surface area is 208 Å². The van der Waals surface area contributed by atoms with Crippen LogP contribution in [0.15, 0.2) is 41.8 Å². The van der Waals surface area contributed by atoms with E-state index in [0.717, 1.165) is 22.3 Å². The number of fused-ring (bicyclic) bond motifs is 1. The highest BCUT2D eigenvalue weighted by Gasteiger charge is 2.32. The van der Waals surface area contributed by atoms with E-state index in [1.807, 2.05) is 46.8 Å². The second kappa shape index (κ2) is 11.3. The molecule has 0 aliphatic carbocycles. The van der Waals surface area contributed by atoms with Crippen LogP contribution in [-0.2, 0) is 9.53 Å². The summed E-state index contributed by atoms with van der Waals surface area (Å²) in [6, 6.07) is 2.04. The van der Waals surface area contributed by atoms with Gasteiger partial charge in [0.2, 0.25) is 5.83 Å². The molecule has 1 heterocycles. The van der Waals surface area contributed by atoms with Crippen molar-refractivity contribution in [3.8, 4) is 11.5 Å². The number of esters is 1. The van der Waals surface area contributed by atoms with E-state index in [-0.39, 0.29) is 24.2 Å². The zero-order valence-corrected chi connectivity index (χ0v) is 22.4. The van der Waals surface area contributed by atoms with Gasteiger partial charge in [0.25, 0.3) is 0 Å². The second-order valence-electron chi connectivity index (χ2n) is 9.50. The molecule has 1 aliphatic heterocycles. The van der Waals surface area contributed by atoms with E-state index in [0.29, 0.717) is 16.5 Å². The number of ether oxygens (including phenoxy) is 3. The van der Waals surface area contributed by atoms with Crippen LogP contribution < -0.4 is 9.47 Å². The van der Waals surface area contributed by atoms with Gasteiger partial charge in [-0.3, -0.25) is 0 Å². The van der Waals surface area contributed by atoms with Gasteiger partial charge in [-0.15, -0.1) is 0 Å². The average molecular weight is 491 g/mol. The number of allylic oxidation sites excluding steroid dienone is 6. The maximum absolute atomic E-state index is 14.1. The number of carbonyl (C=O) groups is 1. The van der Waals surface area contributed by atoms with Crippen molar-refractivity contribution in [1.82, 2.24) is 0 Å². The Balaban J connectivity index is 2.60. The maximum atomic E-state index is 14.1. The van der Waals surface area contributed by atoms with Gasteiger partial charge in [-0.1, -0.05) is 43.7 Å². The minimum atomic E-state index is -0.963. The van der Waals surface area contributed by atoms with Gasteiger partial charge in [0, 0.05) is 11.1 Å². The van der Waals surface area contributed by atoms with E-state index in [9.17, 15) is 9.18 Å². The topological polar surface area (TPSA) is 44.8 Å². The van der Waals surface area contributed by atoms with Crippen molar-refractivity contribution in [3.05, 3.63) is 57.9 Å². The van der Waals surface area contributed by atoms with Crippen molar-refractivity contribution < 1.29 is 23.4 Å². The highest BCUT2D eigenvalue weighted by Crippen LogP contribution is 2.50. The van der Waals surface area contributed by atoms with Crippen LogP contribution in [0.5, 0.6) is 11.5 Å². The quantitative estimate of drug-likeness (QED) is 0.210. The molecule has 0 spiro atoms. The normalized spacial score (nSPS) is 16.3. The third-order valence-electron chi connectivity index (χ3n) is 5.25. The molecule has 0 amide bonds. The van der Waals surface area contributed by atoms with Crippen molar-refractivity contribution in [1.29, 1.82) is 0 Å². The van der Waals surface area contributed by atoms with Gasteiger partial charge in [0.15, 0.2) is 5.75 Å². The van der Waals surface area contributed by atoms with Gasteiger partial charge in [0.1, 0.15) is 16.4 Å². The predicted octanol–water partition coefficient (Wildman–Crippen LogP) is 8.10. The fourth-order valence-corrected chi connectivity index (χ4v) is 3.94. The van der Waals surface area contributed by atoms with Crippen molar-refractivity contribution in [2.75, 3.05) is 6.61 Å². The molecule has 4 nitrogen and oxygen atoms in total. The van der Waals surface area contributed by atoms with Gasteiger partial charge in [-0.05, 0) is 83.2 Å². The summed E-state index contributed by atoms with van der Waals surface area (Å²) in [4.78, 5) is 11.6. The Hall–Kier alpha value is -2.53. The summed E-state index contributed by atoms with van der Waals surface area (Å²) in [5, 5.41) is 0.432. The van der Waals surface area contributed by atoms with Crippen LogP contribution in [0.25, 0.3) is 11.1 Å². The Kier molecular flexibility index (Phi) is 9.18. The minimum Gasteiger partial charge on any atom is -0.489 e. The first kappa shape index (κ1) is 27.7. The van der Waals surface area contributed by atoms with E-state index < -0.39 is 17.4 Å².